The normalized spacial score (nSPS) is 16.5. The molecule has 1 aliphatic rings. The smallest absolute Gasteiger partial charge is 0.404 e. The lowest BCUT2D eigenvalue weighted by atomic mass is 9.90. The molecule has 0 unspecified atom stereocenters. The van der Waals surface area contributed by atoms with Gasteiger partial charge in [0, 0.05) is 35.5 Å². The summed E-state index contributed by atoms with van der Waals surface area (Å²) in [5.41, 5.74) is 4.04. The molecule has 0 fully saturated rings. The summed E-state index contributed by atoms with van der Waals surface area (Å²) in [4.78, 5) is 15.1. The molecular weight excluding hydrogens is 280 g/mol. The monoisotopic (exact) mass is 298 g/mol. The van der Waals surface area contributed by atoms with Crippen molar-refractivity contribution in [1.82, 2.24) is 10.3 Å². The van der Waals surface area contributed by atoms with Crippen molar-refractivity contribution in [3.05, 3.63) is 47.8 Å². The molecule has 0 spiro atoms. The molecule has 1 aliphatic heterocycles. The number of para-hydroxylation sites is 1. The second-order valence-electron chi connectivity index (χ2n) is 5.43. The van der Waals surface area contributed by atoms with Crippen molar-refractivity contribution < 1.29 is 14.6 Å². The minimum Gasteiger partial charge on any atom is -0.493 e. The molecule has 5 nitrogen and oxygen atoms in total. The van der Waals surface area contributed by atoms with Crippen molar-refractivity contribution in [2.45, 2.75) is 19.3 Å². The predicted molar refractivity (Wildman–Crippen MR) is 83.3 cm³/mol. The molecule has 2 aromatic rings. The molecular formula is C17H18N2O3. The van der Waals surface area contributed by atoms with Gasteiger partial charge in [-0.2, -0.15) is 0 Å². The van der Waals surface area contributed by atoms with Crippen LogP contribution in [0, 0.1) is 6.92 Å². The Hall–Kier alpha value is -2.56. The zero-order valence-electron chi connectivity index (χ0n) is 12.4. The summed E-state index contributed by atoms with van der Waals surface area (Å²) in [5, 5.41) is 11.3. The maximum atomic E-state index is 10.7. The molecule has 5 heteroatoms. The number of rotatable bonds is 3. The molecule has 0 saturated heterocycles. The molecule has 114 valence electrons. The number of pyridine rings is 1. The minimum atomic E-state index is -0.994. The van der Waals surface area contributed by atoms with E-state index in [4.69, 9.17) is 9.84 Å². The van der Waals surface area contributed by atoms with Crippen LogP contribution in [-0.4, -0.2) is 29.3 Å². The number of fused-ring (bicyclic) bond motifs is 1. The van der Waals surface area contributed by atoms with Crippen LogP contribution in [0.25, 0.3) is 11.1 Å². The Labute approximate surface area is 129 Å². The predicted octanol–water partition coefficient (Wildman–Crippen LogP) is 3.19. The van der Waals surface area contributed by atoms with Crippen LogP contribution in [0.3, 0.4) is 0 Å². The van der Waals surface area contributed by atoms with Crippen LogP contribution in [0.15, 0.2) is 36.5 Å². The number of carboxylic acid groups (broad SMARTS) is 1. The van der Waals surface area contributed by atoms with E-state index in [1.807, 2.05) is 43.5 Å². The second kappa shape index (κ2) is 6.05. The van der Waals surface area contributed by atoms with E-state index in [0.29, 0.717) is 13.2 Å². The number of aromatic nitrogens is 1. The maximum absolute atomic E-state index is 10.7. The Morgan fingerprint density at radius 2 is 2.27 bits per heavy atom. The Morgan fingerprint density at radius 1 is 1.41 bits per heavy atom. The quantitative estimate of drug-likeness (QED) is 0.913. The third-order valence-corrected chi connectivity index (χ3v) is 3.92. The van der Waals surface area contributed by atoms with Gasteiger partial charge in [-0.1, -0.05) is 24.3 Å². The Balaban J connectivity index is 1.96. The van der Waals surface area contributed by atoms with Crippen LogP contribution in [0.5, 0.6) is 5.75 Å². The first-order valence-corrected chi connectivity index (χ1v) is 7.30. The van der Waals surface area contributed by atoms with Gasteiger partial charge in [0.1, 0.15) is 5.75 Å². The highest BCUT2D eigenvalue weighted by molar-refractivity contribution is 5.72. The van der Waals surface area contributed by atoms with Crippen molar-refractivity contribution in [3.8, 4) is 16.9 Å². The summed E-state index contributed by atoms with van der Waals surface area (Å²) in [6.07, 6.45) is 1.66. The number of aryl methyl sites for hydroxylation is 1. The molecule has 0 radical (unpaired) electrons. The summed E-state index contributed by atoms with van der Waals surface area (Å²) in [6.45, 7) is 2.95. The van der Waals surface area contributed by atoms with Crippen molar-refractivity contribution in [1.29, 1.82) is 0 Å². The number of ether oxygens (including phenoxy) is 1. The highest BCUT2D eigenvalue weighted by atomic mass is 16.5. The molecule has 0 saturated carbocycles. The van der Waals surface area contributed by atoms with Gasteiger partial charge in [-0.3, -0.25) is 4.98 Å². The highest BCUT2D eigenvalue weighted by Gasteiger charge is 2.24. The number of hydrogen-bond acceptors (Lipinski definition) is 3. The molecule has 0 aliphatic carbocycles. The Kier molecular flexibility index (Phi) is 3.96. The fraction of sp³-hybridized carbons (Fsp3) is 0.294. The first kappa shape index (κ1) is 14.4. The van der Waals surface area contributed by atoms with Gasteiger partial charge in [-0.05, 0) is 25.0 Å². The van der Waals surface area contributed by atoms with Gasteiger partial charge < -0.3 is 15.2 Å². The Bertz CT molecular complexity index is 683. The van der Waals surface area contributed by atoms with Crippen LogP contribution in [0.1, 0.15) is 23.6 Å². The number of benzene rings is 1. The van der Waals surface area contributed by atoms with Gasteiger partial charge in [0.15, 0.2) is 0 Å². The topological polar surface area (TPSA) is 71.5 Å². The maximum Gasteiger partial charge on any atom is 0.404 e. The van der Waals surface area contributed by atoms with Gasteiger partial charge in [0.25, 0.3) is 0 Å². The van der Waals surface area contributed by atoms with E-state index >= 15 is 0 Å². The average Bonchev–Trinajstić information content (AvgIpc) is 2.53. The summed E-state index contributed by atoms with van der Waals surface area (Å²) < 4.78 is 5.87. The van der Waals surface area contributed by atoms with Crippen LogP contribution in [-0.2, 0) is 0 Å². The standard InChI is InChI=1S/C17H18N2O3/c1-11-5-6-12(9-18-11)14-3-2-4-15-13(10-19-17(20)21)7-8-22-16(14)15/h2-6,9,13,19H,7-8,10H2,1H3,(H,20,21)/t13-/m0/s1. The number of amides is 1. The van der Waals surface area contributed by atoms with E-state index in [1.54, 1.807) is 0 Å². The number of nitrogens with zero attached hydrogens (tertiary/aromatic N) is 1. The van der Waals surface area contributed by atoms with E-state index in [1.165, 1.54) is 0 Å². The van der Waals surface area contributed by atoms with E-state index in [0.717, 1.165) is 34.6 Å². The summed E-state index contributed by atoms with van der Waals surface area (Å²) in [7, 11) is 0. The van der Waals surface area contributed by atoms with Crippen LogP contribution >= 0.6 is 0 Å². The first-order valence-electron chi connectivity index (χ1n) is 7.30. The Morgan fingerprint density at radius 3 is 3.00 bits per heavy atom. The van der Waals surface area contributed by atoms with Crippen LogP contribution < -0.4 is 10.1 Å². The minimum absolute atomic E-state index is 0.137. The van der Waals surface area contributed by atoms with Crippen molar-refractivity contribution in [2.24, 2.45) is 0 Å². The van der Waals surface area contributed by atoms with Gasteiger partial charge in [-0.25, -0.2) is 4.79 Å². The largest absolute Gasteiger partial charge is 0.493 e. The zero-order valence-corrected chi connectivity index (χ0v) is 12.4. The zero-order chi connectivity index (χ0) is 15.5. The third kappa shape index (κ3) is 2.88. The third-order valence-electron chi connectivity index (χ3n) is 3.92. The summed E-state index contributed by atoms with van der Waals surface area (Å²) in [6, 6.07) is 10.0. The SMILES string of the molecule is Cc1ccc(-c2cccc3c2OCC[C@H]3CNC(=O)O)cn1. The molecule has 0 bridgehead atoms. The lowest BCUT2D eigenvalue weighted by Gasteiger charge is -2.27. The van der Waals surface area contributed by atoms with E-state index in [-0.39, 0.29) is 5.92 Å². The molecule has 1 amide bonds. The van der Waals surface area contributed by atoms with Crippen LogP contribution in [0.2, 0.25) is 0 Å². The van der Waals surface area contributed by atoms with Gasteiger partial charge >= 0.3 is 6.09 Å². The molecule has 1 aromatic carbocycles. The number of nitrogens with one attached hydrogen (secondary N) is 1. The molecule has 3 rings (SSSR count). The lowest BCUT2D eigenvalue weighted by molar-refractivity contribution is 0.191. The second-order valence-corrected chi connectivity index (χ2v) is 5.43. The molecule has 2 N–H and O–H groups in total. The van der Waals surface area contributed by atoms with Crippen molar-refractivity contribution >= 4 is 6.09 Å². The molecule has 1 atom stereocenters. The molecule has 22 heavy (non-hydrogen) atoms. The lowest BCUT2D eigenvalue weighted by Crippen LogP contribution is -2.29. The van der Waals surface area contributed by atoms with E-state index < -0.39 is 6.09 Å². The fourth-order valence-corrected chi connectivity index (χ4v) is 2.77. The number of hydrogen-bond donors (Lipinski definition) is 2. The number of carbonyl (C=O) groups is 1. The van der Waals surface area contributed by atoms with Crippen LogP contribution in [0.4, 0.5) is 4.79 Å². The highest BCUT2D eigenvalue weighted by Crippen LogP contribution is 2.40. The van der Waals surface area contributed by atoms with Gasteiger partial charge in [0.2, 0.25) is 0 Å². The average molecular weight is 298 g/mol. The van der Waals surface area contributed by atoms with E-state index in [9.17, 15) is 4.79 Å². The van der Waals surface area contributed by atoms with E-state index in [2.05, 4.69) is 10.3 Å². The molecule has 2 heterocycles. The van der Waals surface area contributed by atoms with Gasteiger partial charge in [-0.15, -0.1) is 0 Å². The molecule has 1 aromatic heterocycles. The van der Waals surface area contributed by atoms with Crippen molar-refractivity contribution in [3.63, 3.8) is 0 Å². The first-order chi connectivity index (χ1) is 10.6. The van der Waals surface area contributed by atoms with Crippen molar-refractivity contribution in [2.75, 3.05) is 13.2 Å². The summed E-state index contributed by atoms with van der Waals surface area (Å²) >= 11 is 0. The fourth-order valence-electron chi connectivity index (χ4n) is 2.77. The van der Waals surface area contributed by atoms with Gasteiger partial charge in [0.05, 0.1) is 6.61 Å². The summed E-state index contributed by atoms with van der Waals surface area (Å²) in [5.74, 6) is 0.981.